The molecule has 16 heavy (non-hydrogen) atoms. The van der Waals surface area contributed by atoms with E-state index in [9.17, 15) is 0 Å². The second-order valence-corrected chi connectivity index (χ2v) is 4.93. The van der Waals surface area contributed by atoms with Crippen molar-refractivity contribution >= 4 is 11.6 Å². The minimum atomic E-state index is 0.368. The molecule has 0 aromatic heterocycles. The molecule has 86 valence electrons. The smallest absolute Gasteiger partial charge is 0.0492 e. The summed E-state index contributed by atoms with van der Waals surface area (Å²) in [6.07, 6.45) is 1.19. The molecular weight excluding hydrogens is 222 g/mol. The van der Waals surface area contributed by atoms with E-state index in [2.05, 4.69) is 28.1 Å². The lowest BCUT2D eigenvalue weighted by molar-refractivity contribution is 0.309. The zero-order chi connectivity index (χ0) is 11.0. The molecule has 3 nitrogen and oxygen atoms in total. The first-order valence-electron chi connectivity index (χ1n) is 5.80. The van der Waals surface area contributed by atoms with Crippen LogP contribution in [0.25, 0.3) is 0 Å². The Morgan fingerprint density at radius 2 is 2.12 bits per heavy atom. The van der Waals surface area contributed by atoms with Crippen LogP contribution in [0.3, 0.4) is 0 Å². The molecule has 2 aliphatic heterocycles. The first kappa shape index (κ1) is 10.5. The SMILES string of the molecule is Clc1cccc(C2NCCC3NCNC32)c1. The monoisotopic (exact) mass is 237 g/mol. The summed E-state index contributed by atoms with van der Waals surface area (Å²) in [5.41, 5.74) is 1.28. The van der Waals surface area contributed by atoms with E-state index in [1.165, 1.54) is 12.0 Å². The van der Waals surface area contributed by atoms with Crippen molar-refractivity contribution in [3.05, 3.63) is 34.9 Å². The van der Waals surface area contributed by atoms with Gasteiger partial charge in [-0.15, -0.1) is 0 Å². The fourth-order valence-corrected chi connectivity index (χ4v) is 2.95. The van der Waals surface area contributed by atoms with Gasteiger partial charge in [0.05, 0.1) is 0 Å². The van der Waals surface area contributed by atoms with E-state index in [-0.39, 0.29) is 0 Å². The van der Waals surface area contributed by atoms with Crippen LogP contribution >= 0.6 is 11.6 Å². The Labute approximate surface area is 101 Å². The number of halogens is 1. The molecule has 3 atom stereocenters. The fraction of sp³-hybridized carbons (Fsp3) is 0.500. The molecule has 1 aromatic rings. The summed E-state index contributed by atoms with van der Waals surface area (Å²) < 4.78 is 0. The summed E-state index contributed by atoms with van der Waals surface area (Å²) in [6, 6.07) is 9.58. The zero-order valence-corrected chi connectivity index (χ0v) is 9.80. The van der Waals surface area contributed by atoms with E-state index in [0.29, 0.717) is 18.1 Å². The number of benzene rings is 1. The average Bonchev–Trinajstić information content (AvgIpc) is 2.76. The van der Waals surface area contributed by atoms with E-state index >= 15 is 0 Å². The number of nitrogens with one attached hydrogen (secondary N) is 3. The zero-order valence-electron chi connectivity index (χ0n) is 9.04. The van der Waals surface area contributed by atoms with E-state index in [1.54, 1.807) is 0 Å². The van der Waals surface area contributed by atoms with Crippen LogP contribution in [0.1, 0.15) is 18.0 Å². The molecule has 2 aliphatic rings. The van der Waals surface area contributed by atoms with Crippen LogP contribution in [0.2, 0.25) is 5.02 Å². The predicted molar refractivity (Wildman–Crippen MR) is 65.5 cm³/mol. The van der Waals surface area contributed by atoms with Crippen molar-refractivity contribution in [3.63, 3.8) is 0 Å². The van der Waals surface area contributed by atoms with Crippen molar-refractivity contribution in [2.75, 3.05) is 13.2 Å². The van der Waals surface area contributed by atoms with Crippen LogP contribution in [-0.2, 0) is 0 Å². The van der Waals surface area contributed by atoms with Crippen molar-refractivity contribution in [1.29, 1.82) is 0 Å². The van der Waals surface area contributed by atoms with Crippen LogP contribution in [0.5, 0.6) is 0 Å². The van der Waals surface area contributed by atoms with E-state index in [0.717, 1.165) is 18.2 Å². The molecule has 2 fully saturated rings. The minimum Gasteiger partial charge on any atom is -0.309 e. The Morgan fingerprint density at radius 3 is 3.00 bits per heavy atom. The highest BCUT2D eigenvalue weighted by Crippen LogP contribution is 2.27. The highest BCUT2D eigenvalue weighted by atomic mass is 35.5. The number of rotatable bonds is 1. The van der Waals surface area contributed by atoms with E-state index < -0.39 is 0 Å². The third-order valence-corrected chi connectivity index (χ3v) is 3.76. The van der Waals surface area contributed by atoms with Crippen LogP contribution in [0, 0.1) is 0 Å². The summed E-state index contributed by atoms with van der Waals surface area (Å²) >= 11 is 6.04. The van der Waals surface area contributed by atoms with Gasteiger partial charge in [0.1, 0.15) is 0 Å². The molecule has 2 saturated heterocycles. The fourth-order valence-electron chi connectivity index (χ4n) is 2.76. The van der Waals surface area contributed by atoms with E-state index in [1.807, 2.05) is 12.1 Å². The van der Waals surface area contributed by atoms with Gasteiger partial charge in [-0.1, -0.05) is 23.7 Å². The topological polar surface area (TPSA) is 36.1 Å². The van der Waals surface area contributed by atoms with Gasteiger partial charge in [0.2, 0.25) is 0 Å². The van der Waals surface area contributed by atoms with E-state index in [4.69, 9.17) is 11.6 Å². The van der Waals surface area contributed by atoms with Crippen molar-refractivity contribution in [2.45, 2.75) is 24.5 Å². The highest BCUT2D eigenvalue weighted by Gasteiger charge is 2.36. The molecule has 0 spiro atoms. The molecule has 3 rings (SSSR count). The van der Waals surface area contributed by atoms with Crippen LogP contribution < -0.4 is 16.0 Å². The largest absolute Gasteiger partial charge is 0.309 e. The molecule has 3 N–H and O–H groups in total. The van der Waals surface area contributed by atoms with Crippen LogP contribution in [0.15, 0.2) is 24.3 Å². The number of hydrogen-bond donors (Lipinski definition) is 3. The Bertz CT molecular complexity index is 382. The van der Waals surface area contributed by atoms with Gasteiger partial charge in [0.25, 0.3) is 0 Å². The van der Waals surface area contributed by atoms with Gasteiger partial charge in [-0.25, -0.2) is 0 Å². The van der Waals surface area contributed by atoms with Crippen LogP contribution in [-0.4, -0.2) is 25.3 Å². The second kappa shape index (κ2) is 4.34. The molecule has 1 aromatic carbocycles. The van der Waals surface area contributed by atoms with Crippen LogP contribution in [0.4, 0.5) is 0 Å². The molecule has 0 amide bonds. The maximum atomic E-state index is 6.04. The number of fused-ring (bicyclic) bond motifs is 1. The lowest BCUT2D eigenvalue weighted by atomic mass is 9.90. The Hall–Kier alpha value is -0.610. The molecule has 0 radical (unpaired) electrons. The molecule has 0 aliphatic carbocycles. The molecular formula is C12H16ClN3. The summed E-state index contributed by atoms with van der Waals surface area (Å²) in [4.78, 5) is 0. The third kappa shape index (κ3) is 1.84. The normalized spacial score (nSPS) is 33.7. The van der Waals surface area contributed by atoms with Crippen molar-refractivity contribution in [2.24, 2.45) is 0 Å². The Kier molecular flexibility index (Phi) is 2.86. The number of piperidine rings is 1. The van der Waals surface area contributed by atoms with Crippen molar-refractivity contribution < 1.29 is 0 Å². The highest BCUT2D eigenvalue weighted by molar-refractivity contribution is 6.30. The molecule has 0 saturated carbocycles. The lowest BCUT2D eigenvalue weighted by Crippen LogP contribution is -2.50. The lowest BCUT2D eigenvalue weighted by Gasteiger charge is -2.34. The summed E-state index contributed by atoms with van der Waals surface area (Å²) in [7, 11) is 0. The standard InChI is InChI=1S/C12H16ClN3/c13-9-3-1-2-8(6-9)11-12-10(4-5-14-11)15-7-16-12/h1-3,6,10-12,14-16H,4-5,7H2. The van der Waals surface area contributed by atoms with Gasteiger partial charge in [0.15, 0.2) is 0 Å². The van der Waals surface area contributed by atoms with Gasteiger partial charge in [-0.2, -0.15) is 0 Å². The number of hydrogen-bond acceptors (Lipinski definition) is 3. The molecule has 2 heterocycles. The first-order chi connectivity index (χ1) is 7.84. The quantitative estimate of drug-likeness (QED) is 0.689. The van der Waals surface area contributed by atoms with Gasteiger partial charge >= 0.3 is 0 Å². The van der Waals surface area contributed by atoms with Crippen molar-refractivity contribution in [1.82, 2.24) is 16.0 Å². The third-order valence-electron chi connectivity index (χ3n) is 3.52. The molecule has 3 unspecified atom stereocenters. The maximum Gasteiger partial charge on any atom is 0.0492 e. The summed E-state index contributed by atoms with van der Waals surface area (Å²) in [6.45, 7) is 1.97. The molecule has 0 bridgehead atoms. The second-order valence-electron chi connectivity index (χ2n) is 4.49. The average molecular weight is 238 g/mol. The minimum absolute atomic E-state index is 0.368. The van der Waals surface area contributed by atoms with Gasteiger partial charge in [-0.3, -0.25) is 10.6 Å². The summed E-state index contributed by atoms with van der Waals surface area (Å²) in [5.74, 6) is 0. The first-order valence-corrected chi connectivity index (χ1v) is 6.18. The van der Waals surface area contributed by atoms with Gasteiger partial charge in [-0.05, 0) is 30.7 Å². The Morgan fingerprint density at radius 1 is 1.19 bits per heavy atom. The van der Waals surface area contributed by atoms with Crippen molar-refractivity contribution in [3.8, 4) is 0 Å². The van der Waals surface area contributed by atoms with Gasteiger partial charge < -0.3 is 5.32 Å². The predicted octanol–water partition coefficient (Wildman–Crippen LogP) is 1.26. The Balaban J connectivity index is 1.88. The summed E-state index contributed by atoms with van der Waals surface area (Å²) in [5, 5.41) is 11.4. The maximum absolute atomic E-state index is 6.04. The van der Waals surface area contributed by atoms with Gasteiger partial charge in [0, 0.05) is 29.8 Å². The molecule has 4 heteroatoms.